The van der Waals surface area contributed by atoms with Crippen molar-refractivity contribution in [2.45, 2.75) is 26.0 Å². The first kappa shape index (κ1) is 18.4. The van der Waals surface area contributed by atoms with Crippen LogP contribution in [0.4, 0.5) is 0 Å². The Morgan fingerprint density at radius 3 is 2.65 bits per heavy atom. The van der Waals surface area contributed by atoms with Crippen LogP contribution in [0.5, 0.6) is 0 Å². The number of benzene rings is 2. The summed E-state index contributed by atoms with van der Waals surface area (Å²) in [5, 5.41) is 21.6. The Hall–Kier alpha value is -2.37. The normalized spacial score (nSPS) is 14.2. The molecule has 1 unspecified atom stereocenters. The molecular weight excluding hydrogens is 342 g/mol. The Labute approximate surface area is 158 Å². The molecule has 0 aliphatic heterocycles. The van der Waals surface area contributed by atoms with Gasteiger partial charge in [-0.15, -0.1) is 11.3 Å². The Balaban J connectivity index is 1.73. The van der Waals surface area contributed by atoms with E-state index in [2.05, 4.69) is 47.0 Å². The molecule has 3 rings (SSSR count). The maximum atomic E-state index is 10.7. The zero-order valence-corrected chi connectivity index (χ0v) is 16.0. The van der Waals surface area contributed by atoms with Crippen molar-refractivity contribution in [3.8, 4) is 0 Å². The fourth-order valence-electron chi connectivity index (χ4n) is 2.86. The zero-order valence-electron chi connectivity index (χ0n) is 15.2. The second-order valence-corrected chi connectivity index (χ2v) is 7.39. The Morgan fingerprint density at radius 2 is 1.88 bits per heavy atom. The van der Waals surface area contributed by atoms with Gasteiger partial charge in [0.2, 0.25) is 0 Å². The lowest BCUT2D eigenvalue weighted by Crippen LogP contribution is -2.44. The molecule has 0 saturated heterocycles. The van der Waals surface area contributed by atoms with Crippen molar-refractivity contribution >= 4 is 28.1 Å². The van der Waals surface area contributed by atoms with Crippen LogP contribution in [-0.2, 0) is 12.1 Å². The molecule has 5 heteroatoms. The summed E-state index contributed by atoms with van der Waals surface area (Å²) >= 11 is 1.56. The van der Waals surface area contributed by atoms with Crippen LogP contribution in [0.3, 0.4) is 0 Å². The molecule has 0 aliphatic rings. The average Bonchev–Trinajstić information content (AvgIpc) is 3.20. The molecule has 0 bridgehead atoms. The molecule has 0 saturated carbocycles. The van der Waals surface area contributed by atoms with E-state index in [-0.39, 0.29) is 0 Å². The molecule has 3 N–H and O–H groups in total. The zero-order chi connectivity index (χ0) is 18.4. The first-order valence-corrected chi connectivity index (χ1v) is 9.73. The van der Waals surface area contributed by atoms with E-state index < -0.39 is 5.60 Å². The number of hydrogen-bond acceptors (Lipinski definition) is 3. The summed E-state index contributed by atoms with van der Waals surface area (Å²) in [6.45, 7) is 5.60. The highest BCUT2D eigenvalue weighted by molar-refractivity contribution is 7.10. The highest BCUT2D eigenvalue weighted by Crippen LogP contribution is 2.24. The maximum Gasteiger partial charge on any atom is 0.191 e. The Morgan fingerprint density at radius 1 is 1.08 bits per heavy atom. The van der Waals surface area contributed by atoms with Crippen molar-refractivity contribution in [2.24, 2.45) is 4.99 Å². The molecule has 1 aromatic heterocycles. The quantitative estimate of drug-likeness (QED) is 0.458. The van der Waals surface area contributed by atoms with Gasteiger partial charge < -0.3 is 15.7 Å². The summed E-state index contributed by atoms with van der Waals surface area (Å²) in [6, 6.07) is 18.5. The van der Waals surface area contributed by atoms with Gasteiger partial charge in [-0.05, 0) is 41.6 Å². The van der Waals surface area contributed by atoms with Gasteiger partial charge in [-0.3, -0.25) is 0 Å². The summed E-state index contributed by atoms with van der Waals surface area (Å²) in [5.41, 5.74) is 0.259. The van der Waals surface area contributed by atoms with Gasteiger partial charge in [0.15, 0.2) is 5.96 Å². The van der Waals surface area contributed by atoms with E-state index in [1.54, 1.807) is 11.3 Å². The number of rotatable bonds is 6. The van der Waals surface area contributed by atoms with E-state index in [1.807, 2.05) is 37.4 Å². The van der Waals surface area contributed by atoms with Crippen molar-refractivity contribution in [3.63, 3.8) is 0 Å². The van der Waals surface area contributed by atoms with Gasteiger partial charge in [-0.25, -0.2) is 4.99 Å². The molecule has 1 heterocycles. The summed E-state index contributed by atoms with van der Waals surface area (Å²) in [6.07, 6.45) is 0. The summed E-state index contributed by atoms with van der Waals surface area (Å²) in [7, 11) is 0. The number of hydrogen-bond donors (Lipinski definition) is 3. The van der Waals surface area contributed by atoms with Crippen LogP contribution in [0.1, 0.15) is 24.3 Å². The standard InChI is InChI=1S/C21H25N3OS/c1-3-22-20(24-15-21(2,25)19-12-7-13-26-19)23-14-17-10-6-9-16-8-4-5-11-18(16)17/h4-13,25H,3,14-15H2,1-2H3,(H2,22,23,24). The lowest BCUT2D eigenvalue weighted by molar-refractivity contribution is 0.0655. The lowest BCUT2D eigenvalue weighted by atomic mass is 10.0. The molecule has 2 aromatic carbocycles. The van der Waals surface area contributed by atoms with Gasteiger partial charge in [-0.2, -0.15) is 0 Å². The van der Waals surface area contributed by atoms with Crippen molar-refractivity contribution in [1.82, 2.24) is 10.6 Å². The SMILES string of the molecule is CCNC(=NCc1cccc2ccccc12)NCC(C)(O)c1cccs1. The number of nitrogens with zero attached hydrogens (tertiary/aromatic N) is 1. The van der Waals surface area contributed by atoms with E-state index in [4.69, 9.17) is 4.99 Å². The highest BCUT2D eigenvalue weighted by Gasteiger charge is 2.24. The molecule has 0 radical (unpaired) electrons. The molecular formula is C21H25N3OS. The maximum absolute atomic E-state index is 10.7. The molecule has 1 atom stereocenters. The molecule has 0 fully saturated rings. The number of nitrogens with one attached hydrogen (secondary N) is 2. The van der Waals surface area contributed by atoms with Gasteiger partial charge in [0.05, 0.1) is 13.1 Å². The molecule has 0 spiro atoms. The average molecular weight is 368 g/mol. The third kappa shape index (κ3) is 4.42. The highest BCUT2D eigenvalue weighted by atomic mass is 32.1. The number of thiophene rings is 1. The monoisotopic (exact) mass is 367 g/mol. The van der Waals surface area contributed by atoms with Crippen LogP contribution in [0.2, 0.25) is 0 Å². The third-order valence-corrected chi connectivity index (χ3v) is 5.41. The smallest absolute Gasteiger partial charge is 0.191 e. The molecule has 3 aromatic rings. The summed E-state index contributed by atoms with van der Waals surface area (Å²) < 4.78 is 0. The van der Waals surface area contributed by atoms with Crippen molar-refractivity contribution in [2.75, 3.05) is 13.1 Å². The van der Waals surface area contributed by atoms with Crippen molar-refractivity contribution in [3.05, 3.63) is 70.4 Å². The minimum atomic E-state index is -0.927. The lowest BCUT2D eigenvalue weighted by Gasteiger charge is -2.23. The number of fused-ring (bicyclic) bond motifs is 1. The predicted octanol–water partition coefficient (Wildman–Crippen LogP) is 3.86. The minimum Gasteiger partial charge on any atom is -0.383 e. The van der Waals surface area contributed by atoms with E-state index in [0.29, 0.717) is 19.0 Å². The van der Waals surface area contributed by atoms with Crippen LogP contribution in [0, 0.1) is 0 Å². The van der Waals surface area contributed by atoms with E-state index in [1.165, 1.54) is 16.3 Å². The van der Waals surface area contributed by atoms with Crippen LogP contribution < -0.4 is 10.6 Å². The van der Waals surface area contributed by atoms with E-state index in [9.17, 15) is 5.11 Å². The molecule has 0 aliphatic carbocycles. The number of aliphatic hydroxyl groups is 1. The van der Waals surface area contributed by atoms with Crippen LogP contribution >= 0.6 is 11.3 Å². The third-order valence-electron chi connectivity index (χ3n) is 4.28. The Bertz CT molecular complexity index is 867. The molecule has 26 heavy (non-hydrogen) atoms. The van der Waals surface area contributed by atoms with Crippen LogP contribution in [0.15, 0.2) is 65.0 Å². The molecule has 4 nitrogen and oxygen atoms in total. The van der Waals surface area contributed by atoms with E-state index in [0.717, 1.165) is 11.4 Å². The van der Waals surface area contributed by atoms with Crippen LogP contribution in [0.25, 0.3) is 10.8 Å². The topological polar surface area (TPSA) is 56.7 Å². The second-order valence-electron chi connectivity index (χ2n) is 6.44. The summed E-state index contributed by atoms with van der Waals surface area (Å²) in [5.74, 6) is 0.706. The van der Waals surface area contributed by atoms with Crippen molar-refractivity contribution in [1.29, 1.82) is 0 Å². The number of guanidine groups is 1. The second kappa shape index (κ2) is 8.34. The predicted molar refractivity (Wildman–Crippen MR) is 111 cm³/mol. The van der Waals surface area contributed by atoms with Gasteiger partial charge in [0.1, 0.15) is 5.60 Å². The van der Waals surface area contributed by atoms with Gasteiger partial charge in [0.25, 0.3) is 0 Å². The van der Waals surface area contributed by atoms with Gasteiger partial charge >= 0.3 is 0 Å². The fraction of sp³-hybridized carbons (Fsp3) is 0.286. The van der Waals surface area contributed by atoms with Crippen molar-refractivity contribution < 1.29 is 5.11 Å². The number of aliphatic imine (C=N–C) groups is 1. The van der Waals surface area contributed by atoms with Gasteiger partial charge in [-0.1, -0.05) is 48.5 Å². The first-order valence-electron chi connectivity index (χ1n) is 8.85. The minimum absolute atomic E-state index is 0.398. The molecule has 0 amide bonds. The first-order chi connectivity index (χ1) is 12.6. The van der Waals surface area contributed by atoms with Crippen LogP contribution in [-0.4, -0.2) is 24.2 Å². The largest absolute Gasteiger partial charge is 0.383 e. The Kier molecular flexibility index (Phi) is 5.91. The summed E-state index contributed by atoms with van der Waals surface area (Å²) in [4.78, 5) is 5.64. The molecule has 136 valence electrons. The van der Waals surface area contributed by atoms with E-state index >= 15 is 0 Å². The van der Waals surface area contributed by atoms with Gasteiger partial charge in [0, 0.05) is 11.4 Å². The fourth-order valence-corrected chi connectivity index (χ4v) is 3.65.